The molecule has 2 saturated heterocycles. The lowest BCUT2D eigenvalue weighted by Gasteiger charge is -2.31. The summed E-state index contributed by atoms with van der Waals surface area (Å²) in [5.41, 5.74) is 0.488. The van der Waals surface area contributed by atoms with Crippen LogP contribution in [0.3, 0.4) is 0 Å². The van der Waals surface area contributed by atoms with Gasteiger partial charge in [0.1, 0.15) is 19.6 Å². The van der Waals surface area contributed by atoms with Crippen molar-refractivity contribution in [3.63, 3.8) is 0 Å². The number of likely N-dealkylation sites (tertiary alicyclic amines) is 1. The van der Waals surface area contributed by atoms with Crippen molar-refractivity contribution in [1.82, 2.24) is 18.7 Å². The molecule has 9 heteroatoms. The number of nitrogens with one attached hydrogen (secondary N) is 2. The van der Waals surface area contributed by atoms with Crippen LogP contribution in [0, 0.1) is 11.8 Å². The Hall–Kier alpha value is -1.97. The first-order chi connectivity index (χ1) is 14.3. The van der Waals surface area contributed by atoms with E-state index in [-0.39, 0.29) is 11.2 Å². The monoisotopic (exact) mass is 420 g/mol. The van der Waals surface area contributed by atoms with Gasteiger partial charge in [-0.2, -0.15) is 0 Å². The maximum absolute atomic E-state index is 13.0. The van der Waals surface area contributed by atoms with Gasteiger partial charge < -0.3 is 19.1 Å². The zero-order valence-electron chi connectivity index (χ0n) is 18.7. The number of imidazole rings is 1. The van der Waals surface area contributed by atoms with Gasteiger partial charge in [-0.3, -0.25) is 13.9 Å². The molecule has 4 rings (SSSR count). The Morgan fingerprint density at radius 1 is 1.03 bits per heavy atom. The molecule has 3 atom stereocenters. The van der Waals surface area contributed by atoms with Crippen LogP contribution in [0.4, 0.5) is 0 Å². The summed E-state index contributed by atoms with van der Waals surface area (Å²) in [7, 11) is 3.25. The summed E-state index contributed by atoms with van der Waals surface area (Å²) in [5.74, 6) is 2.31. The fraction of sp³-hybridized carbons (Fsp3) is 0.762. The highest BCUT2D eigenvalue weighted by atomic mass is 16.5. The maximum atomic E-state index is 13.0. The summed E-state index contributed by atoms with van der Waals surface area (Å²) in [5, 5.41) is 0. The van der Waals surface area contributed by atoms with Crippen LogP contribution in [0.2, 0.25) is 0 Å². The predicted molar refractivity (Wildman–Crippen MR) is 114 cm³/mol. The van der Waals surface area contributed by atoms with Crippen LogP contribution in [0.1, 0.15) is 26.1 Å². The average Bonchev–Trinajstić information content (AvgIpc) is 3.07. The lowest BCUT2D eigenvalue weighted by Crippen LogP contribution is -3.14. The highest BCUT2D eigenvalue weighted by Gasteiger charge is 2.28. The predicted octanol–water partition coefficient (Wildman–Crippen LogP) is -2.59. The topological polar surface area (TPSA) is 79.9 Å². The van der Waals surface area contributed by atoms with E-state index >= 15 is 0 Å². The smallest absolute Gasteiger partial charge is 0.332 e. The van der Waals surface area contributed by atoms with Crippen LogP contribution in [-0.2, 0) is 31.9 Å². The highest BCUT2D eigenvalue weighted by Crippen LogP contribution is 2.14. The number of hydrogen-bond acceptors (Lipinski definition) is 4. The van der Waals surface area contributed by atoms with Gasteiger partial charge in [0, 0.05) is 25.9 Å². The molecule has 166 valence electrons. The third kappa shape index (κ3) is 4.10. The van der Waals surface area contributed by atoms with Crippen molar-refractivity contribution in [2.75, 3.05) is 45.9 Å². The number of rotatable bonds is 5. The van der Waals surface area contributed by atoms with E-state index in [4.69, 9.17) is 9.72 Å². The molecule has 0 radical (unpaired) electrons. The van der Waals surface area contributed by atoms with Gasteiger partial charge in [-0.25, -0.2) is 9.78 Å². The molecular weight excluding hydrogens is 384 g/mol. The van der Waals surface area contributed by atoms with E-state index in [1.807, 2.05) is 0 Å². The summed E-state index contributed by atoms with van der Waals surface area (Å²) >= 11 is 0. The normalized spacial score (nSPS) is 25.8. The quantitative estimate of drug-likeness (QED) is 0.557. The molecule has 1 unspecified atom stereocenters. The molecule has 0 aliphatic carbocycles. The zero-order valence-corrected chi connectivity index (χ0v) is 18.7. The Balaban J connectivity index is 1.71. The molecule has 0 aromatic carbocycles. The Morgan fingerprint density at radius 2 is 1.70 bits per heavy atom. The molecule has 2 aliphatic heterocycles. The Morgan fingerprint density at radius 3 is 2.37 bits per heavy atom. The fourth-order valence-electron chi connectivity index (χ4n) is 5.34. The molecule has 0 saturated carbocycles. The first kappa shape index (κ1) is 21.3. The minimum Gasteiger partial charge on any atom is -0.370 e. The second kappa shape index (κ2) is 8.64. The van der Waals surface area contributed by atoms with Crippen molar-refractivity contribution < 1.29 is 14.5 Å². The Labute approximate surface area is 176 Å². The number of ether oxygens (including phenoxy) is 1. The number of fused-ring (bicyclic) bond motifs is 1. The average molecular weight is 421 g/mol. The maximum Gasteiger partial charge on any atom is 0.332 e. The second-order valence-electron chi connectivity index (χ2n) is 9.45. The van der Waals surface area contributed by atoms with Gasteiger partial charge in [-0.1, -0.05) is 13.8 Å². The molecule has 2 fully saturated rings. The van der Waals surface area contributed by atoms with Gasteiger partial charge in [0.05, 0.1) is 39.4 Å². The molecule has 30 heavy (non-hydrogen) atoms. The van der Waals surface area contributed by atoms with Crippen molar-refractivity contribution in [2.24, 2.45) is 25.9 Å². The lowest BCUT2D eigenvalue weighted by molar-refractivity contribution is -0.926. The van der Waals surface area contributed by atoms with Crippen molar-refractivity contribution in [3.05, 3.63) is 26.7 Å². The summed E-state index contributed by atoms with van der Waals surface area (Å²) in [6.07, 6.45) is 1.27. The second-order valence-corrected chi connectivity index (χ2v) is 9.45. The van der Waals surface area contributed by atoms with Gasteiger partial charge >= 0.3 is 5.69 Å². The summed E-state index contributed by atoms with van der Waals surface area (Å²) < 4.78 is 10.3. The van der Waals surface area contributed by atoms with E-state index in [1.165, 1.54) is 25.4 Å². The van der Waals surface area contributed by atoms with E-state index in [9.17, 15) is 9.59 Å². The van der Waals surface area contributed by atoms with Gasteiger partial charge in [0.2, 0.25) is 0 Å². The van der Waals surface area contributed by atoms with E-state index in [0.29, 0.717) is 23.0 Å². The molecule has 2 aromatic rings. The minimum atomic E-state index is -0.324. The van der Waals surface area contributed by atoms with Crippen LogP contribution in [0.15, 0.2) is 9.59 Å². The van der Waals surface area contributed by atoms with Gasteiger partial charge in [0.15, 0.2) is 17.0 Å². The molecule has 9 nitrogen and oxygen atoms in total. The number of hydrogen-bond donors (Lipinski definition) is 2. The highest BCUT2D eigenvalue weighted by molar-refractivity contribution is 5.71. The number of aromatic nitrogens is 4. The molecule has 4 heterocycles. The summed E-state index contributed by atoms with van der Waals surface area (Å²) in [6, 6.07) is 0. The molecular formula is C21H36N6O3+2. The van der Waals surface area contributed by atoms with E-state index in [1.54, 1.807) is 14.1 Å². The first-order valence-corrected chi connectivity index (χ1v) is 11.2. The third-order valence-corrected chi connectivity index (χ3v) is 6.80. The molecule has 2 N–H and O–H groups in total. The third-order valence-electron chi connectivity index (χ3n) is 6.80. The fourth-order valence-corrected chi connectivity index (χ4v) is 5.34. The van der Waals surface area contributed by atoms with Crippen LogP contribution in [0.25, 0.3) is 11.2 Å². The van der Waals surface area contributed by atoms with Gasteiger partial charge in [-0.15, -0.1) is 0 Å². The number of quaternary nitrogens is 2. The van der Waals surface area contributed by atoms with Crippen molar-refractivity contribution >= 4 is 11.2 Å². The van der Waals surface area contributed by atoms with Crippen LogP contribution in [0.5, 0.6) is 0 Å². The number of piperidine rings is 1. The Bertz CT molecular complexity index is 1010. The summed E-state index contributed by atoms with van der Waals surface area (Å²) in [6.45, 7) is 12.9. The molecule has 2 aromatic heterocycles. The van der Waals surface area contributed by atoms with E-state index in [2.05, 4.69) is 18.4 Å². The number of aryl methyl sites for hydroxylation is 1. The van der Waals surface area contributed by atoms with Crippen molar-refractivity contribution in [2.45, 2.75) is 33.4 Å². The Kier molecular flexibility index (Phi) is 6.13. The largest absolute Gasteiger partial charge is 0.370 e. The number of nitrogens with zero attached hydrogens (tertiary/aromatic N) is 4. The number of morpholine rings is 1. The SMILES string of the molecule is C[C@@H]1C[C@H](C)C[NH+](Cc2nc3c(c(=O)n(C)c(=O)n3C)n2CC[NH+]2CCOCC2)C1. The van der Waals surface area contributed by atoms with E-state index < -0.39 is 0 Å². The molecule has 0 bridgehead atoms. The zero-order chi connectivity index (χ0) is 21.4. The van der Waals surface area contributed by atoms with Gasteiger partial charge in [0.25, 0.3) is 5.56 Å². The molecule has 0 amide bonds. The van der Waals surface area contributed by atoms with Crippen LogP contribution >= 0.6 is 0 Å². The first-order valence-electron chi connectivity index (χ1n) is 11.2. The lowest BCUT2D eigenvalue weighted by atomic mass is 9.92. The summed E-state index contributed by atoms with van der Waals surface area (Å²) in [4.78, 5) is 33.3. The van der Waals surface area contributed by atoms with Crippen molar-refractivity contribution in [1.29, 1.82) is 0 Å². The van der Waals surface area contributed by atoms with E-state index in [0.717, 1.165) is 64.9 Å². The minimum absolute atomic E-state index is 0.251. The van der Waals surface area contributed by atoms with Gasteiger partial charge in [-0.05, 0) is 6.42 Å². The molecule has 0 spiro atoms. The van der Waals surface area contributed by atoms with Crippen LogP contribution < -0.4 is 21.0 Å². The standard InChI is InChI=1S/C21H34N6O3/c1-15-11-16(2)13-26(12-15)14-17-22-19-18(20(28)24(4)21(29)23(19)3)27(17)6-5-25-7-9-30-10-8-25/h15-16H,5-14H2,1-4H3/p+2/t15-,16+. The molecule has 2 aliphatic rings. The van der Waals surface area contributed by atoms with Crippen LogP contribution in [-0.4, -0.2) is 64.6 Å². The van der Waals surface area contributed by atoms with Crippen molar-refractivity contribution in [3.8, 4) is 0 Å².